The summed E-state index contributed by atoms with van der Waals surface area (Å²) in [5, 5.41) is 8.36. The molecule has 1 aliphatic rings. The fraction of sp³-hybridized carbons (Fsp3) is 0.360. The summed E-state index contributed by atoms with van der Waals surface area (Å²) in [6.07, 6.45) is 0.376. The number of benzene rings is 2. The molecule has 1 fully saturated rings. The number of aromatic nitrogens is 5. The van der Waals surface area contributed by atoms with Crippen LogP contribution in [0.4, 0.5) is 0 Å². The first-order valence-corrected chi connectivity index (χ1v) is 11.6. The van der Waals surface area contributed by atoms with Gasteiger partial charge in [-0.25, -0.2) is 9.67 Å². The van der Waals surface area contributed by atoms with Gasteiger partial charge in [-0.15, -0.1) is 5.10 Å². The number of ether oxygens (including phenoxy) is 2. The Balaban J connectivity index is 1.37. The molecule has 0 amide bonds. The van der Waals surface area contributed by atoms with Gasteiger partial charge in [-0.1, -0.05) is 65.9 Å². The maximum Gasteiger partial charge on any atom is 0.281 e. The van der Waals surface area contributed by atoms with Crippen LogP contribution in [0.15, 0.2) is 65.5 Å². The Morgan fingerprint density at radius 3 is 2.41 bits per heavy atom. The summed E-state index contributed by atoms with van der Waals surface area (Å²) in [6.45, 7) is 4.84. The second kappa shape index (κ2) is 10.7. The van der Waals surface area contributed by atoms with E-state index in [0.29, 0.717) is 31.0 Å². The molecule has 1 N–H and O–H groups in total. The van der Waals surface area contributed by atoms with Crippen molar-refractivity contribution in [2.45, 2.75) is 25.7 Å². The summed E-state index contributed by atoms with van der Waals surface area (Å²) in [4.78, 5) is 22.5. The summed E-state index contributed by atoms with van der Waals surface area (Å²) in [5.41, 5.74) is 2.62. The van der Waals surface area contributed by atoms with E-state index in [9.17, 15) is 4.79 Å². The van der Waals surface area contributed by atoms with Crippen molar-refractivity contribution >= 4 is 11.2 Å². The molecule has 1 aliphatic heterocycles. The lowest BCUT2D eigenvalue weighted by Crippen LogP contribution is -2.43. The van der Waals surface area contributed by atoms with Crippen LogP contribution in [0, 0.1) is 0 Å². The molecule has 1 saturated heterocycles. The van der Waals surface area contributed by atoms with Crippen LogP contribution in [0.3, 0.4) is 0 Å². The minimum atomic E-state index is -0.280. The molecule has 0 saturated carbocycles. The molecule has 0 bridgehead atoms. The molecule has 0 spiro atoms. The molecule has 9 heteroatoms. The van der Waals surface area contributed by atoms with E-state index in [1.807, 2.05) is 60.7 Å². The van der Waals surface area contributed by atoms with Gasteiger partial charge in [0, 0.05) is 26.1 Å². The van der Waals surface area contributed by atoms with Crippen molar-refractivity contribution in [1.82, 2.24) is 29.9 Å². The molecule has 9 nitrogen and oxygen atoms in total. The van der Waals surface area contributed by atoms with E-state index in [2.05, 4.69) is 20.2 Å². The number of hydrogen-bond acceptors (Lipinski definition) is 7. The first kappa shape index (κ1) is 22.4. The second-order valence-corrected chi connectivity index (χ2v) is 8.45. The van der Waals surface area contributed by atoms with E-state index in [4.69, 9.17) is 14.5 Å². The van der Waals surface area contributed by atoms with Crippen molar-refractivity contribution in [3.8, 4) is 0 Å². The number of hydrogen-bond donors (Lipinski definition) is 1. The lowest BCUT2D eigenvalue weighted by atomic mass is 10.1. The Morgan fingerprint density at radius 1 is 0.971 bits per heavy atom. The number of H-pyrrole nitrogens is 1. The van der Waals surface area contributed by atoms with Crippen molar-refractivity contribution in [2.24, 2.45) is 0 Å². The third kappa shape index (κ3) is 5.56. The average molecular weight is 461 g/mol. The highest BCUT2D eigenvalue weighted by Crippen LogP contribution is 2.12. The number of nitrogens with zero attached hydrogens (tertiary/aromatic N) is 5. The Kier molecular flexibility index (Phi) is 7.04. The molecule has 176 valence electrons. The standard InChI is InChI=1S/C25H28N6O3/c32-25-23-24(26-22(27-25)15-19-7-3-1-4-8-19)31(29-28-23)17-21(16-30-11-13-33-14-12-30)34-18-20-9-5-2-6-10-20/h1-10,21H,11-18H2,(H,26,27,32). The third-order valence-electron chi connectivity index (χ3n) is 5.91. The molecule has 5 rings (SSSR count). The molecule has 2 aromatic heterocycles. The fourth-order valence-electron chi connectivity index (χ4n) is 4.12. The molecule has 0 aliphatic carbocycles. The smallest absolute Gasteiger partial charge is 0.281 e. The lowest BCUT2D eigenvalue weighted by molar-refractivity contribution is -0.0249. The van der Waals surface area contributed by atoms with Crippen LogP contribution in [0.25, 0.3) is 11.2 Å². The van der Waals surface area contributed by atoms with Crippen LogP contribution < -0.4 is 5.56 Å². The SMILES string of the molecule is O=c1[nH]c(Cc2ccccc2)nc2c1nnn2CC(CN1CCOCC1)OCc1ccccc1. The number of fused-ring (bicyclic) bond motifs is 1. The first-order chi connectivity index (χ1) is 16.7. The van der Waals surface area contributed by atoms with Gasteiger partial charge in [0.2, 0.25) is 0 Å². The third-order valence-corrected chi connectivity index (χ3v) is 5.91. The first-order valence-electron chi connectivity index (χ1n) is 11.6. The van der Waals surface area contributed by atoms with Gasteiger partial charge in [-0.05, 0) is 11.1 Å². The van der Waals surface area contributed by atoms with Crippen LogP contribution in [-0.4, -0.2) is 68.8 Å². The second-order valence-electron chi connectivity index (χ2n) is 8.45. The van der Waals surface area contributed by atoms with Crippen LogP contribution in [0.2, 0.25) is 0 Å². The fourth-order valence-corrected chi connectivity index (χ4v) is 4.12. The molecule has 1 atom stereocenters. The minimum absolute atomic E-state index is 0.151. The van der Waals surface area contributed by atoms with E-state index in [-0.39, 0.29) is 17.2 Å². The van der Waals surface area contributed by atoms with Gasteiger partial charge < -0.3 is 14.5 Å². The topological polar surface area (TPSA) is 98.2 Å². The van der Waals surface area contributed by atoms with Crippen molar-refractivity contribution in [1.29, 1.82) is 0 Å². The Labute approximate surface area is 197 Å². The van der Waals surface area contributed by atoms with Gasteiger partial charge in [0.1, 0.15) is 5.82 Å². The van der Waals surface area contributed by atoms with Crippen LogP contribution in [0.5, 0.6) is 0 Å². The van der Waals surface area contributed by atoms with Crippen LogP contribution in [-0.2, 0) is 29.0 Å². The Bertz CT molecular complexity index is 1250. The van der Waals surface area contributed by atoms with Gasteiger partial charge in [0.05, 0.1) is 32.5 Å². The Morgan fingerprint density at radius 2 is 1.68 bits per heavy atom. The normalized spacial score (nSPS) is 15.5. The van der Waals surface area contributed by atoms with E-state index < -0.39 is 0 Å². The maximum absolute atomic E-state index is 12.7. The number of nitrogens with one attached hydrogen (secondary N) is 1. The van der Waals surface area contributed by atoms with Crippen molar-refractivity contribution in [3.63, 3.8) is 0 Å². The largest absolute Gasteiger partial charge is 0.379 e. The summed E-state index contributed by atoms with van der Waals surface area (Å²) >= 11 is 0. The quantitative estimate of drug-likeness (QED) is 0.408. The molecular weight excluding hydrogens is 432 g/mol. The molecule has 3 heterocycles. The molecule has 2 aromatic carbocycles. The summed E-state index contributed by atoms with van der Waals surface area (Å²) < 4.78 is 13.5. The van der Waals surface area contributed by atoms with Crippen molar-refractivity contribution in [3.05, 3.63) is 88.0 Å². The molecule has 1 unspecified atom stereocenters. The van der Waals surface area contributed by atoms with Crippen molar-refractivity contribution in [2.75, 3.05) is 32.8 Å². The van der Waals surface area contributed by atoms with Gasteiger partial charge in [-0.2, -0.15) is 0 Å². The monoisotopic (exact) mass is 460 g/mol. The van der Waals surface area contributed by atoms with Gasteiger partial charge in [-0.3, -0.25) is 9.69 Å². The van der Waals surface area contributed by atoms with E-state index in [1.165, 1.54) is 0 Å². The number of aromatic amines is 1. The van der Waals surface area contributed by atoms with Gasteiger partial charge in [0.15, 0.2) is 11.2 Å². The van der Waals surface area contributed by atoms with Gasteiger partial charge in [0.25, 0.3) is 5.56 Å². The van der Waals surface area contributed by atoms with Gasteiger partial charge >= 0.3 is 0 Å². The highest BCUT2D eigenvalue weighted by Gasteiger charge is 2.21. The molecule has 0 radical (unpaired) electrons. The van der Waals surface area contributed by atoms with Crippen LogP contribution >= 0.6 is 0 Å². The minimum Gasteiger partial charge on any atom is -0.379 e. The van der Waals surface area contributed by atoms with Crippen molar-refractivity contribution < 1.29 is 9.47 Å². The lowest BCUT2D eigenvalue weighted by Gasteiger charge is -2.30. The highest BCUT2D eigenvalue weighted by atomic mass is 16.5. The number of morpholine rings is 1. The molecule has 4 aromatic rings. The van der Waals surface area contributed by atoms with E-state index in [0.717, 1.165) is 44.0 Å². The zero-order valence-corrected chi connectivity index (χ0v) is 19.0. The average Bonchev–Trinajstić information content (AvgIpc) is 3.27. The number of rotatable bonds is 9. The van der Waals surface area contributed by atoms with Crippen LogP contribution in [0.1, 0.15) is 17.0 Å². The predicted molar refractivity (Wildman–Crippen MR) is 127 cm³/mol. The predicted octanol–water partition coefficient (Wildman–Crippen LogP) is 2.02. The summed E-state index contributed by atoms with van der Waals surface area (Å²) in [6, 6.07) is 20.0. The van der Waals surface area contributed by atoms with E-state index in [1.54, 1.807) is 4.68 Å². The summed E-state index contributed by atoms with van der Waals surface area (Å²) in [5.74, 6) is 0.585. The van der Waals surface area contributed by atoms with E-state index >= 15 is 0 Å². The molecular formula is C25H28N6O3. The summed E-state index contributed by atoms with van der Waals surface area (Å²) in [7, 11) is 0. The zero-order chi connectivity index (χ0) is 23.2. The molecule has 34 heavy (non-hydrogen) atoms. The zero-order valence-electron chi connectivity index (χ0n) is 19.0. The highest BCUT2D eigenvalue weighted by molar-refractivity contribution is 5.68. The Hall–Kier alpha value is -3.40. The maximum atomic E-state index is 12.7.